The molecule has 1 heterocycles. The standard InChI is InChI=1S/C16H20N2O3/c1-16(20,10-14-8-5-9-21-14)12-18-15(19)17-11-13-6-3-2-4-7-13/h2-9,20H,10-12H2,1H3,(H2,17,18,19)/t16-/m1/s1. The highest BCUT2D eigenvalue weighted by atomic mass is 16.3. The molecule has 0 radical (unpaired) electrons. The van der Waals surface area contributed by atoms with Gasteiger partial charge in [0.1, 0.15) is 5.76 Å². The summed E-state index contributed by atoms with van der Waals surface area (Å²) in [5, 5.41) is 15.6. The number of hydrogen-bond acceptors (Lipinski definition) is 3. The molecule has 5 nitrogen and oxygen atoms in total. The van der Waals surface area contributed by atoms with Crippen LogP contribution in [0.5, 0.6) is 0 Å². The molecule has 0 spiro atoms. The van der Waals surface area contributed by atoms with Gasteiger partial charge in [0.2, 0.25) is 0 Å². The minimum Gasteiger partial charge on any atom is -0.469 e. The summed E-state index contributed by atoms with van der Waals surface area (Å²) >= 11 is 0. The molecule has 2 rings (SSSR count). The summed E-state index contributed by atoms with van der Waals surface area (Å²) in [5.41, 5.74) is -0.0305. The van der Waals surface area contributed by atoms with Crippen molar-refractivity contribution >= 4 is 6.03 Å². The van der Waals surface area contributed by atoms with Crippen molar-refractivity contribution < 1.29 is 14.3 Å². The number of amides is 2. The van der Waals surface area contributed by atoms with Crippen molar-refractivity contribution in [2.24, 2.45) is 0 Å². The monoisotopic (exact) mass is 288 g/mol. The fourth-order valence-electron chi connectivity index (χ4n) is 1.96. The molecule has 1 aromatic heterocycles. The molecule has 0 unspecified atom stereocenters. The van der Waals surface area contributed by atoms with Gasteiger partial charge in [0.15, 0.2) is 0 Å². The molecule has 3 N–H and O–H groups in total. The van der Waals surface area contributed by atoms with Gasteiger partial charge in [-0.25, -0.2) is 4.79 Å². The van der Waals surface area contributed by atoms with E-state index >= 15 is 0 Å². The maximum absolute atomic E-state index is 11.7. The second-order valence-corrected chi connectivity index (χ2v) is 5.27. The molecule has 5 heteroatoms. The molecule has 1 atom stereocenters. The lowest BCUT2D eigenvalue weighted by atomic mass is 10.0. The van der Waals surface area contributed by atoms with E-state index in [1.54, 1.807) is 25.3 Å². The maximum Gasteiger partial charge on any atom is 0.315 e. The summed E-state index contributed by atoms with van der Waals surface area (Å²) in [5.74, 6) is 0.687. The van der Waals surface area contributed by atoms with Crippen LogP contribution in [0, 0.1) is 0 Å². The molecule has 0 aliphatic rings. The third-order valence-electron chi connectivity index (χ3n) is 3.06. The van der Waals surface area contributed by atoms with E-state index in [9.17, 15) is 9.90 Å². The van der Waals surface area contributed by atoms with E-state index in [1.807, 2.05) is 30.3 Å². The van der Waals surface area contributed by atoms with Crippen molar-refractivity contribution in [2.75, 3.05) is 6.54 Å². The topological polar surface area (TPSA) is 74.5 Å². The first-order valence-electron chi connectivity index (χ1n) is 6.85. The zero-order chi connectivity index (χ0) is 15.1. The molecule has 0 aliphatic heterocycles. The number of rotatable bonds is 6. The van der Waals surface area contributed by atoms with Crippen LogP contribution in [-0.2, 0) is 13.0 Å². The Bertz CT molecular complexity index is 550. The van der Waals surface area contributed by atoms with Gasteiger partial charge >= 0.3 is 6.03 Å². The first-order chi connectivity index (χ1) is 10.1. The Hall–Kier alpha value is -2.27. The molecule has 0 saturated heterocycles. The molecule has 1 aromatic carbocycles. The summed E-state index contributed by atoms with van der Waals surface area (Å²) in [7, 11) is 0. The molecule has 0 aliphatic carbocycles. The predicted molar refractivity (Wildman–Crippen MR) is 79.7 cm³/mol. The van der Waals surface area contributed by atoms with Gasteiger partial charge in [-0.3, -0.25) is 0 Å². The number of nitrogens with one attached hydrogen (secondary N) is 2. The zero-order valence-corrected chi connectivity index (χ0v) is 12.0. The Labute approximate surface area is 124 Å². The van der Waals surface area contributed by atoms with Gasteiger partial charge in [0.25, 0.3) is 0 Å². The smallest absolute Gasteiger partial charge is 0.315 e. The maximum atomic E-state index is 11.7. The SMILES string of the molecule is C[C@](O)(CNC(=O)NCc1ccccc1)Cc1ccco1. The summed E-state index contributed by atoms with van der Waals surface area (Å²) in [6.07, 6.45) is 1.91. The van der Waals surface area contributed by atoms with Gasteiger partial charge in [-0.2, -0.15) is 0 Å². The van der Waals surface area contributed by atoms with Crippen LogP contribution in [0.2, 0.25) is 0 Å². The van der Waals surface area contributed by atoms with E-state index < -0.39 is 5.60 Å². The van der Waals surface area contributed by atoms with Gasteiger partial charge in [-0.1, -0.05) is 30.3 Å². The fraction of sp³-hybridized carbons (Fsp3) is 0.312. The van der Waals surface area contributed by atoms with Gasteiger partial charge in [0.05, 0.1) is 11.9 Å². The molecule has 2 aromatic rings. The average molecular weight is 288 g/mol. The van der Waals surface area contributed by atoms with Crippen LogP contribution in [0.25, 0.3) is 0 Å². The minimum atomic E-state index is -1.05. The second-order valence-electron chi connectivity index (χ2n) is 5.27. The van der Waals surface area contributed by atoms with Crippen LogP contribution in [0.15, 0.2) is 53.1 Å². The Morgan fingerprint density at radius 1 is 1.19 bits per heavy atom. The molecule has 2 amide bonds. The number of carbonyl (C=O) groups excluding carboxylic acids is 1. The van der Waals surface area contributed by atoms with Crippen molar-refractivity contribution in [1.29, 1.82) is 0 Å². The molecule has 0 saturated carbocycles. The van der Waals surface area contributed by atoms with Gasteiger partial charge < -0.3 is 20.2 Å². The van der Waals surface area contributed by atoms with Crippen LogP contribution in [-0.4, -0.2) is 23.3 Å². The summed E-state index contributed by atoms with van der Waals surface area (Å²) in [6, 6.07) is 12.9. The number of furan rings is 1. The molecular weight excluding hydrogens is 268 g/mol. The zero-order valence-electron chi connectivity index (χ0n) is 12.0. The largest absolute Gasteiger partial charge is 0.469 e. The lowest BCUT2D eigenvalue weighted by Crippen LogP contribution is -2.45. The van der Waals surface area contributed by atoms with Gasteiger partial charge in [-0.05, 0) is 24.6 Å². The first-order valence-corrected chi connectivity index (χ1v) is 6.85. The molecule has 21 heavy (non-hydrogen) atoms. The van der Waals surface area contributed by atoms with Gasteiger partial charge in [0, 0.05) is 19.5 Å². The third kappa shape index (κ3) is 5.31. The van der Waals surface area contributed by atoms with Crippen LogP contribution < -0.4 is 10.6 Å². The number of aliphatic hydroxyl groups is 1. The van der Waals surface area contributed by atoms with E-state index in [4.69, 9.17) is 4.42 Å². The van der Waals surface area contributed by atoms with E-state index in [1.165, 1.54) is 0 Å². The minimum absolute atomic E-state index is 0.147. The Morgan fingerprint density at radius 3 is 2.62 bits per heavy atom. The summed E-state index contributed by atoms with van der Waals surface area (Å²) in [4.78, 5) is 11.7. The van der Waals surface area contributed by atoms with Crippen molar-refractivity contribution in [3.8, 4) is 0 Å². The lowest BCUT2D eigenvalue weighted by Gasteiger charge is -2.22. The average Bonchev–Trinajstić information content (AvgIpc) is 2.96. The molecule has 0 bridgehead atoms. The Balaban J connectivity index is 1.73. The Kier molecular flexibility index (Phi) is 5.00. The highest BCUT2D eigenvalue weighted by Crippen LogP contribution is 2.12. The summed E-state index contributed by atoms with van der Waals surface area (Å²) < 4.78 is 5.19. The van der Waals surface area contributed by atoms with Crippen molar-refractivity contribution in [2.45, 2.75) is 25.5 Å². The third-order valence-corrected chi connectivity index (χ3v) is 3.06. The van der Waals surface area contributed by atoms with Crippen LogP contribution >= 0.6 is 0 Å². The van der Waals surface area contributed by atoms with Crippen molar-refractivity contribution in [1.82, 2.24) is 10.6 Å². The van der Waals surface area contributed by atoms with E-state index in [2.05, 4.69) is 10.6 Å². The van der Waals surface area contributed by atoms with E-state index in [0.717, 1.165) is 5.56 Å². The quantitative estimate of drug-likeness (QED) is 0.762. The van der Waals surface area contributed by atoms with E-state index in [-0.39, 0.29) is 12.6 Å². The second kappa shape index (κ2) is 6.95. The molecule has 0 fully saturated rings. The normalized spacial score (nSPS) is 13.4. The predicted octanol–water partition coefficient (Wildman–Crippen LogP) is 2.07. The number of hydrogen-bond donors (Lipinski definition) is 3. The number of carbonyl (C=O) groups is 1. The summed E-state index contributed by atoms with van der Waals surface area (Å²) in [6.45, 7) is 2.26. The highest BCUT2D eigenvalue weighted by Gasteiger charge is 2.23. The molecule has 112 valence electrons. The fourth-order valence-corrected chi connectivity index (χ4v) is 1.96. The van der Waals surface area contributed by atoms with E-state index in [0.29, 0.717) is 18.7 Å². The highest BCUT2D eigenvalue weighted by molar-refractivity contribution is 5.73. The lowest BCUT2D eigenvalue weighted by molar-refractivity contribution is 0.0571. The Morgan fingerprint density at radius 2 is 1.95 bits per heavy atom. The molecular formula is C16H20N2O3. The number of urea groups is 1. The van der Waals surface area contributed by atoms with Crippen LogP contribution in [0.3, 0.4) is 0 Å². The van der Waals surface area contributed by atoms with Crippen molar-refractivity contribution in [3.05, 3.63) is 60.1 Å². The first kappa shape index (κ1) is 15.1. The van der Waals surface area contributed by atoms with Gasteiger partial charge in [-0.15, -0.1) is 0 Å². The van der Waals surface area contributed by atoms with Crippen molar-refractivity contribution in [3.63, 3.8) is 0 Å². The van der Waals surface area contributed by atoms with Crippen LogP contribution in [0.4, 0.5) is 4.79 Å². The van der Waals surface area contributed by atoms with Crippen LogP contribution in [0.1, 0.15) is 18.2 Å². The number of benzene rings is 1.